The van der Waals surface area contributed by atoms with Crippen molar-refractivity contribution in [1.29, 1.82) is 0 Å². The Labute approximate surface area is 244 Å². The Morgan fingerprint density at radius 3 is 0.575 bits per heavy atom. The van der Waals surface area contributed by atoms with Gasteiger partial charge in [0.05, 0.1) is 0 Å². The van der Waals surface area contributed by atoms with Crippen molar-refractivity contribution >= 4 is 50.4 Å². The van der Waals surface area contributed by atoms with Crippen LogP contribution in [0, 0.1) is 0 Å². The normalized spacial score (nSPS) is 12.8. The zero-order valence-corrected chi connectivity index (χ0v) is 25.6. The van der Waals surface area contributed by atoms with Gasteiger partial charge in [0.15, 0.2) is 0 Å². The molecule has 0 spiro atoms. The molecule has 6 rings (SSSR count). The van der Waals surface area contributed by atoms with Crippen LogP contribution in [0.1, 0.15) is 0 Å². The second-order valence-corrected chi connectivity index (χ2v) is 26.0. The third kappa shape index (κ3) is 4.61. The van der Waals surface area contributed by atoms with E-state index in [1.807, 2.05) is 0 Å². The Balaban J connectivity index is 1.81. The van der Waals surface area contributed by atoms with Crippen LogP contribution in [0.5, 0.6) is 0 Å². The summed E-state index contributed by atoms with van der Waals surface area (Å²) in [5.74, 6) is -5.26. The van der Waals surface area contributed by atoms with Crippen LogP contribution >= 0.6 is 11.9 Å². The van der Waals surface area contributed by atoms with Crippen molar-refractivity contribution in [3.8, 4) is 0 Å². The van der Waals surface area contributed by atoms with E-state index in [1.54, 1.807) is 0 Å². The van der Waals surface area contributed by atoms with E-state index in [-0.39, 0.29) is 12.8 Å². The molecule has 0 aromatic heterocycles. The van der Waals surface area contributed by atoms with Gasteiger partial charge in [-0.05, 0) is 0 Å². The van der Waals surface area contributed by atoms with Gasteiger partial charge in [-0.1, -0.05) is 0 Å². The number of hydrogen-bond acceptors (Lipinski definition) is 0. The minimum absolute atomic E-state index is 0.0150. The average molecular weight is 603 g/mol. The van der Waals surface area contributed by atoms with Crippen molar-refractivity contribution in [2.45, 2.75) is 0 Å². The summed E-state index contributed by atoms with van der Waals surface area (Å²) in [6.45, 7) is 2.60. The molecule has 0 aliphatic carbocycles. The van der Waals surface area contributed by atoms with Crippen LogP contribution in [0.3, 0.4) is 0 Å². The quantitative estimate of drug-likeness (QED) is 0.161. The Hall–Kier alpha value is -3.24. The van der Waals surface area contributed by atoms with Gasteiger partial charge in [0, 0.05) is 0 Å². The topological polar surface area (TPSA) is 0 Å². The number of rotatable bonds is 8. The molecule has 0 aliphatic rings. The van der Waals surface area contributed by atoms with Crippen molar-refractivity contribution in [2.24, 2.45) is 0 Å². The summed E-state index contributed by atoms with van der Waals surface area (Å²) in [6, 6.07) is 68.5. The second-order valence-electron chi connectivity index (χ2n) is 9.78. The fourth-order valence-corrected chi connectivity index (χ4v) is 36.0. The number of hydrogen-bond donors (Lipinski definition) is 0. The van der Waals surface area contributed by atoms with E-state index in [4.69, 9.17) is 0 Å². The van der Waals surface area contributed by atoms with Crippen LogP contribution in [-0.4, -0.2) is 6.66 Å². The van der Waals surface area contributed by atoms with Gasteiger partial charge >= 0.3 is 245 Å². The molecule has 0 bridgehead atoms. The van der Waals surface area contributed by atoms with Crippen molar-refractivity contribution in [3.05, 3.63) is 182 Å². The first kappa shape index (κ1) is 27.0. The van der Waals surface area contributed by atoms with Gasteiger partial charge < -0.3 is 0 Å². The van der Waals surface area contributed by atoms with E-state index in [1.165, 1.54) is 31.8 Å². The molecule has 0 atom stereocenters. The summed E-state index contributed by atoms with van der Waals surface area (Å²) in [6.07, 6.45) is 0. The Morgan fingerprint density at radius 2 is 0.425 bits per heavy atom. The number of benzene rings is 6. The summed E-state index contributed by atoms with van der Waals surface area (Å²) in [7, 11) is 0. The van der Waals surface area contributed by atoms with Gasteiger partial charge in [-0.25, -0.2) is 0 Å². The Morgan fingerprint density at radius 1 is 0.275 bits per heavy atom. The molecule has 0 amide bonds. The summed E-state index contributed by atoms with van der Waals surface area (Å²) in [4.78, 5) is 0. The van der Waals surface area contributed by atoms with E-state index in [2.05, 4.69) is 189 Å². The molecular weight excluding hydrogens is 569 g/mol. The van der Waals surface area contributed by atoms with Gasteiger partial charge in [-0.2, -0.15) is 0 Å². The maximum atomic E-state index is 2.60. The van der Waals surface area contributed by atoms with Crippen molar-refractivity contribution < 1.29 is 12.8 Å². The van der Waals surface area contributed by atoms with Crippen LogP contribution in [0.2, 0.25) is 0 Å². The third-order valence-corrected chi connectivity index (χ3v) is 32.3. The van der Waals surface area contributed by atoms with Crippen molar-refractivity contribution in [3.63, 3.8) is 0 Å². The average Bonchev–Trinajstić information content (AvgIpc) is 3.05. The van der Waals surface area contributed by atoms with Crippen LogP contribution < -0.4 is 31.8 Å². The van der Waals surface area contributed by atoms with E-state index in [0.29, 0.717) is 0 Å². The molecule has 0 fully saturated rings. The maximum absolute atomic E-state index is 2.63. The van der Waals surface area contributed by atoms with Crippen LogP contribution in [-0.2, 0) is 12.8 Å². The molecule has 0 radical (unpaired) electrons. The van der Waals surface area contributed by atoms with E-state index in [9.17, 15) is 0 Å². The fourth-order valence-electron chi connectivity index (χ4n) is 5.88. The molecule has 6 aromatic rings. The second kappa shape index (κ2) is 12.1. The molecule has 202 valence electrons. The summed E-state index contributed by atoms with van der Waals surface area (Å²) in [5.41, 5.74) is 0. The van der Waals surface area contributed by atoms with Crippen molar-refractivity contribution in [2.75, 3.05) is 0 Å². The molecule has 40 heavy (non-hydrogen) atoms. The van der Waals surface area contributed by atoms with Gasteiger partial charge in [-0.3, -0.25) is 0 Å². The molecule has 0 aliphatic heterocycles. The van der Waals surface area contributed by atoms with Crippen molar-refractivity contribution in [1.82, 2.24) is 0 Å². The van der Waals surface area contributed by atoms with Crippen LogP contribution in [0.15, 0.2) is 182 Å². The van der Waals surface area contributed by atoms with Gasteiger partial charge in [0.25, 0.3) is 0 Å². The molecule has 6 aromatic carbocycles. The van der Waals surface area contributed by atoms with Gasteiger partial charge in [0.1, 0.15) is 0 Å². The molecule has 0 saturated heterocycles. The summed E-state index contributed by atoms with van der Waals surface area (Å²) >= 11 is 0.0150. The van der Waals surface area contributed by atoms with E-state index < -0.39 is 11.9 Å². The minimum atomic E-state index is -2.63. The first-order valence-corrected chi connectivity index (χ1v) is 20.9. The third-order valence-electron chi connectivity index (χ3n) is 7.58. The zero-order valence-electron chi connectivity index (χ0n) is 22.6. The predicted molar refractivity (Wildman–Crippen MR) is 182 cm³/mol. The molecule has 0 nitrogen and oxygen atoms in total. The summed E-state index contributed by atoms with van der Waals surface area (Å²) in [5, 5.41) is 8.80. The molecule has 4 heteroatoms. The molecule has 0 unspecified atom stereocenters. The van der Waals surface area contributed by atoms with E-state index >= 15 is 0 Å². The molecule has 0 saturated carbocycles. The monoisotopic (exact) mass is 602 g/mol. The Kier molecular flexibility index (Phi) is 8.16. The van der Waals surface area contributed by atoms with Gasteiger partial charge in [-0.15, -0.1) is 0 Å². The Bertz CT molecular complexity index is 1310. The van der Waals surface area contributed by atoms with Crippen LogP contribution in [0.4, 0.5) is 0 Å². The fraction of sp³-hybridized carbons (Fsp3) is 0. The summed E-state index contributed by atoms with van der Waals surface area (Å²) < 4.78 is 0. The SMILES string of the molecule is [BH2][Cu]([PH](c1ccccc1)(c1ccccc1)c1ccccc1)[PH](c1ccccc1)(c1ccccc1)c1ccccc1. The standard InChI is InChI=1S/2C18H15P.BH2.Cu/c2*1-4-10-16(11-5-1)19(17-12-6-2-7-13-17)18-14-8-3-9-15-18;;/h2*1-15H;1H2;/q;;+1;-3/p+2. The zero-order chi connectivity index (χ0) is 27.3. The molecule has 0 heterocycles. The van der Waals surface area contributed by atoms with E-state index in [0.717, 1.165) is 0 Å². The first-order valence-electron chi connectivity index (χ1n) is 13.6. The molecular formula is C36H34BCuP2. The van der Waals surface area contributed by atoms with Gasteiger partial charge in [0.2, 0.25) is 0 Å². The van der Waals surface area contributed by atoms with Crippen LogP contribution in [0.25, 0.3) is 0 Å². The molecule has 0 N–H and O–H groups in total. The first-order chi connectivity index (χ1) is 19.8. The predicted octanol–water partition coefficient (Wildman–Crippen LogP) is 5.44.